The molecule has 27 heavy (non-hydrogen) atoms. The van der Waals surface area contributed by atoms with Gasteiger partial charge >= 0.3 is 6.18 Å². The Morgan fingerprint density at radius 1 is 1.37 bits per heavy atom. The van der Waals surface area contributed by atoms with Crippen LogP contribution in [-0.2, 0) is 6.42 Å². The third kappa shape index (κ3) is 5.85. The van der Waals surface area contributed by atoms with Crippen LogP contribution in [0.25, 0.3) is 11.0 Å². The summed E-state index contributed by atoms with van der Waals surface area (Å²) in [5, 5.41) is 6.43. The summed E-state index contributed by atoms with van der Waals surface area (Å²) in [6.45, 7) is 0.670. The normalized spacial score (nSPS) is 19.0. The van der Waals surface area contributed by atoms with E-state index >= 15 is 0 Å². The first kappa shape index (κ1) is 19.5. The number of fused-ring (bicyclic) bond motifs is 1. The van der Waals surface area contributed by atoms with Gasteiger partial charge in [-0.2, -0.15) is 13.2 Å². The Hall–Kier alpha value is -2.29. The van der Waals surface area contributed by atoms with Crippen molar-refractivity contribution in [1.82, 2.24) is 25.5 Å². The Morgan fingerprint density at radius 3 is 2.93 bits per heavy atom. The molecule has 1 aliphatic rings. The Morgan fingerprint density at radius 2 is 2.19 bits per heavy atom. The second-order valence-corrected chi connectivity index (χ2v) is 6.78. The van der Waals surface area contributed by atoms with Crippen molar-refractivity contribution >= 4 is 17.0 Å². The molecular weight excluding hydrogens is 357 g/mol. The van der Waals surface area contributed by atoms with E-state index in [4.69, 9.17) is 0 Å². The number of guanidine groups is 1. The molecule has 0 spiro atoms. The lowest BCUT2D eigenvalue weighted by atomic mass is 10.2. The molecule has 0 radical (unpaired) electrons. The number of para-hydroxylation sites is 2. The first-order valence-corrected chi connectivity index (χ1v) is 9.13. The number of aliphatic imine (C=N–C) groups is 1. The van der Waals surface area contributed by atoms with Crippen LogP contribution in [0, 0.1) is 0 Å². The van der Waals surface area contributed by atoms with Crippen molar-refractivity contribution in [3.8, 4) is 0 Å². The average Bonchev–Trinajstić information content (AvgIpc) is 3.22. The van der Waals surface area contributed by atoms with Gasteiger partial charge in [-0.1, -0.05) is 12.1 Å². The van der Waals surface area contributed by atoms with E-state index in [1.54, 1.807) is 7.05 Å². The van der Waals surface area contributed by atoms with Gasteiger partial charge in [-0.25, -0.2) is 4.98 Å². The van der Waals surface area contributed by atoms with Crippen molar-refractivity contribution in [1.29, 1.82) is 0 Å². The number of aromatic amines is 1. The molecule has 2 aromatic rings. The molecule has 1 aliphatic heterocycles. The predicted octanol–water partition coefficient (Wildman–Crippen LogP) is 2.30. The van der Waals surface area contributed by atoms with Gasteiger partial charge in [0.15, 0.2) is 5.96 Å². The topological polar surface area (TPSA) is 68.3 Å². The van der Waals surface area contributed by atoms with Crippen molar-refractivity contribution in [2.45, 2.75) is 31.5 Å². The lowest BCUT2D eigenvalue weighted by Gasteiger charge is -2.19. The molecule has 6 nitrogen and oxygen atoms in total. The smallest absolute Gasteiger partial charge is 0.356 e. The number of alkyl halides is 3. The number of benzene rings is 1. The zero-order chi connectivity index (χ0) is 19.3. The molecule has 148 valence electrons. The molecule has 0 bridgehead atoms. The number of rotatable bonds is 6. The van der Waals surface area contributed by atoms with E-state index in [1.165, 1.54) is 4.90 Å². The minimum atomic E-state index is -4.15. The number of aromatic nitrogens is 2. The predicted molar refractivity (Wildman–Crippen MR) is 99.8 cm³/mol. The van der Waals surface area contributed by atoms with E-state index in [-0.39, 0.29) is 6.04 Å². The lowest BCUT2D eigenvalue weighted by molar-refractivity contribution is -0.143. The summed E-state index contributed by atoms with van der Waals surface area (Å²) in [5.74, 6) is 1.57. The number of hydrogen-bond donors (Lipinski definition) is 3. The van der Waals surface area contributed by atoms with Crippen molar-refractivity contribution in [2.75, 3.05) is 33.2 Å². The minimum Gasteiger partial charge on any atom is -0.356 e. The summed E-state index contributed by atoms with van der Waals surface area (Å²) < 4.78 is 37.4. The number of imidazole rings is 1. The number of nitrogens with one attached hydrogen (secondary N) is 3. The zero-order valence-corrected chi connectivity index (χ0v) is 15.3. The van der Waals surface area contributed by atoms with Crippen molar-refractivity contribution in [2.24, 2.45) is 4.99 Å². The lowest BCUT2D eigenvalue weighted by Crippen LogP contribution is -2.45. The highest BCUT2D eigenvalue weighted by molar-refractivity contribution is 5.80. The highest BCUT2D eigenvalue weighted by Gasteiger charge is 2.34. The summed E-state index contributed by atoms with van der Waals surface area (Å²) in [4.78, 5) is 13.4. The van der Waals surface area contributed by atoms with Crippen LogP contribution >= 0.6 is 0 Å². The summed E-state index contributed by atoms with van der Waals surface area (Å²) in [5.41, 5.74) is 1.99. The van der Waals surface area contributed by atoms with E-state index in [1.807, 2.05) is 24.3 Å². The number of hydrogen-bond acceptors (Lipinski definition) is 3. The third-order valence-corrected chi connectivity index (χ3v) is 4.56. The van der Waals surface area contributed by atoms with Gasteiger partial charge in [0.05, 0.1) is 17.6 Å². The largest absolute Gasteiger partial charge is 0.401 e. The highest BCUT2D eigenvalue weighted by Crippen LogP contribution is 2.19. The van der Waals surface area contributed by atoms with Crippen LogP contribution in [0.2, 0.25) is 0 Å². The molecule has 0 saturated carbocycles. The molecule has 1 unspecified atom stereocenters. The fourth-order valence-corrected chi connectivity index (χ4v) is 3.32. The molecule has 1 aromatic heterocycles. The molecule has 0 aliphatic carbocycles. The van der Waals surface area contributed by atoms with Crippen molar-refractivity contribution in [3.63, 3.8) is 0 Å². The first-order valence-electron chi connectivity index (χ1n) is 9.13. The highest BCUT2D eigenvalue weighted by atomic mass is 19.4. The second kappa shape index (κ2) is 8.60. The Balaban J connectivity index is 1.38. The van der Waals surface area contributed by atoms with E-state index in [9.17, 15) is 13.2 Å². The SMILES string of the molecule is CN=C(NCCCc1nc2ccccc2[nH]1)NC1CCN(CC(F)(F)F)C1. The number of nitrogens with zero attached hydrogens (tertiary/aromatic N) is 3. The second-order valence-electron chi connectivity index (χ2n) is 6.78. The van der Waals surface area contributed by atoms with Gasteiger partial charge < -0.3 is 15.6 Å². The summed E-state index contributed by atoms with van der Waals surface area (Å²) in [6, 6.07) is 7.89. The average molecular weight is 382 g/mol. The summed E-state index contributed by atoms with van der Waals surface area (Å²) in [6.07, 6.45) is -1.80. The van der Waals surface area contributed by atoms with Crippen LogP contribution in [-0.4, -0.2) is 66.3 Å². The molecule has 1 fully saturated rings. The molecular formula is C18H25F3N6. The van der Waals surface area contributed by atoms with Crippen LogP contribution in [0.1, 0.15) is 18.7 Å². The minimum absolute atomic E-state index is 0.0195. The maximum absolute atomic E-state index is 12.5. The molecule has 1 atom stereocenters. The van der Waals surface area contributed by atoms with E-state index in [2.05, 4.69) is 25.6 Å². The molecule has 3 N–H and O–H groups in total. The van der Waals surface area contributed by atoms with Crippen LogP contribution in [0.4, 0.5) is 13.2 Å². The number of halogens is 3. The maximum atomic E-state index is 12.5. The van der Waals surface area contributed by atoms with Gasteiger partial charge in [0, 0.05) is 39.1 Å². The Kier molecular flexibility index (Phi) is 6.20. The maximum Gasteiger partial charge on any atom is 0.401 e. The van der Waals surface area contributed by atoms with Gasteiger partial charge in [-0.3, -0.25) is 9.89 Å². The number of likely N-dealkylation sites (tertiary alicyclic amines) is 1. The van der Waals surface area contributed by atoms with Crippen molar-refractivity contribution in [3.05, 3.63) is 30.1 Å². The standard InChI is InChI=1S/C18H25F3N6/c1-22-17(24-13-8-10-27(11-13)12-18(19,20)21)23-9-4-7-16-25-14-5-2-3-6-15(14)26-16/h2-3,5-6,13H,4,7-12H2,1H3,(H,25,26)(H2,22,23,24). The van der Waals surface area contributed by atoms with E-state index in [0.717, 1.165) is 29.7 Å². The van der Waals surface area contributed by atoms with E-state index in [0.29, 0.717) is 32.0 Å². The third-order valence-electron chi connectivity index (χ3n) is 4.56. The quantitative estimate of drug-likeness (QED) is 0.407. The number of aryl methyl sites for hydroxylation is 1. The van der Waals surface area contributed by atoms with Gasteiger partial charge in [0.1, 0.15) is 5.82 Å². The van der Waals surface area contributed by atoms with E-state index < -0.39 is 12.7 Å². The first-order chi connectivity index (χ1) is 12.9. The molecule has 1 aromatic carbocycles. The van der Waals surface area contributed by atoms with Gasteiger partial charge in [-0.15, -0.1) is 0 Å². The number of H-pyrrole nitrogens is 1. The molecule has 2 heterocycles. The fraction of sp³-hybridized carbons (Fsp3) is 0.556. The van der Waals surface area contributed by atoms with Crippen molar-refractivity contribution < 1.29 is 13.2 Å². The van der Waals surface area contributed by atoms with Crippen LogP contribution in [0.5, 0.6) is 0 Å². The molecule has 1 saturated heterocycles. The molecule has 9 heteroatoms. The Bertz CT molecular complexity index is 737. The monoisotopic (exact) mass is 382 g/mol. The van der Waals surface area contributed by atoms with Crippen LogP contribution in [0.15, 0.2) is 29.3 Å². The van der Waals surface area contributed by atoms with Crippen LogP contribution in [0.3, 0.4) is 0 Å². The molecule has 0 amide bonds. The summed E-state index contributed by atoms with van der Waals surface area (Å²) >= 11 is 0. The summed E-state index contributed by atoms with van der Waals surface area (Å²) in [7, 11) is 1.66. The van der Waals surface area contributed by atoms with Gasteiger partial charge in [0.25, 0.3) is 0 Å². The van der Waals surface area contributed by atoms with Gasteiger partial charge in [0.2, 0.25) is 0 Å². The molecule has 3 rings (SSSR count). The van der Waals surface area contributed by atoms with Gasteiger partial charge in [-0.05, 0) is 25.0 Å². The fourth-order valence-electron chi connectivity index (χ4n) is 3.32. The van der Waals surface area contributed by atoms with Crippen LogP contribution < -0.4 is 10.6 Å². The Labute approximate surface area is 156 Å². The zero-order valence-electron chi connectivity index (χ0n) is 15.3.